The van der Waals surface area contributed by atoms with Crippen LogP contribution in [0.4, 0.5) is 11.4 Å². The summed E-state index contributed by atoms with van der Waals surface area (Å²) in [4.78, 5) is 11.4. The summed E-state index contributed by atoms with van der Waals surface area (Å²) < 4.78 is 0. The normalized spacial score (nSPS) is 20.9. The van der Waals surface area contributed by atoms with Crippen molar-refractivity contribution < 1.29 is 4.92 Å². The summed E-state index contributed by atoms with van der Waals surface area (Å²) in [6, 6.07) is 16.7. The average molecular weight is 416 g/mol. The molecule has 0 radical (unpaired) electrons. The van der Waals surface area contributed by atoms with Gasteiger partial charge in [-0.25, -0.2) is 0 Å². The summed E-state index contributed by atoms with van der Waals surface area (Å²) in [5.41, 5.74) is 5.70. The van der Waals surface area contributed by atoms with Crippen molar-refractivity contribution >= 4 is 17.1 Å². The molecule has 0 saturated carbocycles. The number of hydrazone groups is 1. The Morgan fingerprint density at radius 1 is 1.10 bits per heavy atom. The second-order valence-electron chi connectivity index (χ2n) is 9.07. The molecule has 31 heavy (non-hydrogen) atoms. The molecule has 2 aromatic rings. The van der Waals surface area contributed by atoms with E-state index in [2.05, 4.69) is 32.9 Å². The topological polar surface area (TPSA) is 58.7 Å². The van der Waals surface area contributed by atoms with E-state index in [4.69, 9.17) is 5.10 Å². The molecular formula is C26H29N3O2. The van der Waals surface area contributed by atoms with Gasteiger partial charge in [-0.1, -0.05) is 55.8 Å². The van der Waals surface area contributed by atoms with Gasteiger partial charge in [0.1, 0.15) is 0 Å². The minimum absolute atomic E-state index is 0.140. The van der Waals surface area contributed by atoms with Gasteiger partial charge in [-0.05, 0) is 61.4 Å². The molecule has 0 aromatic heterocycles. The second kappa shape index (κ2) is 8.50. The van der Waals surface area contributed by atoms with Crippen molar-refractivity contribution in [3.63, 3.8) is 0 Å². The zero-order valence-electron chi connectivity index (χ0n) is 18.4. The molecule has 1 unspecified atom stereocenters. The lowest BCUT2D eigenvalue weighted by molar-refractivity contribution is -0.385. The largest absolute Gasteiger partial charge is 0.274 e. The average Bonchev–Trinajstić information content (AvgIpc) is 3.17. The third-order valence-electron chi connectivity index (χ3n) is 6.43. The van der Waals surface area contributed by atoms with Gasteiger partial charge in [-0.3, -0.25) is 15.1 Å². The Balaban J connectivity index is 1.71. The third kappa shape index (κ3) is 4.31. The van der Waals surface area contributed by atoms with Gasteiger partial charge in [0.25, 0.3) is 5.69 Å². The van der Waals surface area contributed by atoms with Crippen molar-refractivity contribution in [2.45, 2.75) is 52.5 Å². The molecule has 5 nitrogen and oxygen atoms in total. The lowest BCUT2D eigenvalue weighted by Gasteiger charge is -2.32. The van der Waals surface area contributed by atoms with Gasteiger partial charge >= 0.3 is 0 Å². The molecule has 5 heteroatoms. The Hall–Kier alpha value is -3.21. The number of nitrogens with zero attached hydrogens (tertiary/aromatic N) is 3. The lowest BCUT2D eigenvalue weighted by atomic mass is 9.72. The summed E-state index contributed by atoms with van der Waals surface area (Å²) in [5.74, 6) is 0. The van der Waals surface area contributed by atoms with Crippen LogP contribution in [0.15, 0.2) is 83.0 Å². The van der Waals surface area contributed by atoms with Crippen molar-refractivity contribution in [2.24, 2.45) is 10.5 Å². The first-order valence-corrected chi connectivity index (χ1v) is 10.9. The van der Waals surface area contributed by atoms with E-state index in [-0.39, 0.29) is 22.1 Å². The van der Waals surface area contributed by atoms with E-state index >= 15 is 0 Å². The van der Waals surface area contributed by atoms with Gasteiger partial charge in [0.05, 0.1) is 27.9 Å². The molecule has 1 aliphatic carbocycles. The Morgan fingerprint density at radius 2 is 1.81 bits per heavy atom. The Bertz CT molecular complexity index is 1070. The third-order valence-corrected chi connectivity index (χ3v) is 6.43. The van der Waals surface area contributed by atoms with Crippen molar-refractivity contribution in [1.29, 1.82) is 0 Å². The number of anilines is 1. The number of hydrogen-bond donors (Lipinski definition) is 0. The van der Waals surface area contributed by atoms with Crippen LogP contribution in [0.5, 0.6) is 0 Å². The number of nitro benzene ring substituents is 1. The fourth-order valence-electron chi connectivity index (χ4n) is 4.82. The van der Waals surface area contributed by atoms with E-state index in [0.717, 1.165) is 17.8 Å². The quantitative estimate of drug-likeness (QED) is 0.391. The van der Waals surface area contributed by atoms with Gasteiger partial charge in [-0.15, -0.1) is 0 Å². The molecule has 2 aromatic carbocycles. The van der Waals surface area contributed by atoms with Crippen molar-refractivity contribution in [3.05, 3.63) is 93.6 Å². The van der Waals surface area contributed by atoms with Crippen LogP contribution in [-0.4, -0.2) is 10.6 Å². The molecule has 1 heterocycles. The highest BCUT2D eigenvalue weighted by molar-refractivity contribution is 5.98. The zero-order chi connectivity index (χ0) is 22.0. The maximum absolute atomic E-state index is 11.7. The molecule has 4 rings (SSSR count). The van der Waals surface area contributed by atoms with E-state index in [9.17, 15) is 10.1 Å². The molecule has 0 N–H and O–H groups in total. The Labute approximate surface area is 183 Å². The first-order valence-electron chi connectivity index (χ1n) is 10.9. The van der Waals surface area contributed by atoms with Crippen LogP contribution in [-0.2, 0) is 0 Å². The summed E-state index contributed by atoms with van der Waals surface area (Å²) in [6.07, 6.45) is 8.52. The molecular weight excluding hydrogens is 386 g/mol. The van der Waals surface area contributed by atoms with Crippen LogP contribution >= 0.6 is 0 Å². The van der Waals surface area contributed by atoms with Gasteiger partial charge in [0, 0.05) is 12.5 Å². The number of rotatable bonds is 5. The molecule has 0 spiro atoms. The first-order chi connectivity index (χ1) is 14.9. The van der Waals surface area contributed by atoms with Gasteiger partial charge in [0.15, 0.2) is 0 Å². The van der Waals surface area contributed by atoms with Crippen molar-refractivity contribution in [2.75, 3.05) is 5.01 Å². The number of hydrogen-bond acceptors (Lipinski definition) is 4. The van der Waals surface area contributed by atoms with Crippen LogP contribution in [0, 0.1) is 15.5 Å². The smallest absolute Gasteiger partial charge is 0.258 e. The zero-order valence-corrected chi connectivity index (χ0v) is 18.4. The van der Waals surface area contributed by atoms with E-state index in [0.29, 0.717) is 12.0 Å². The summed E-state index contributed by atoms with van der Waals surface area (Å²) in [7, 11) is 0. The minimum Gasteiger partial charge on any atom is -0.258 e. The Kier molecular flexibility index (Phi) is 5.77. The first kappa shape index (κ1) is 21.0. The minimum atomic E-state index is -0.301. The molecule has 0 amide bonds. The van der Waals surface area contributed by atoms with Crippen LogP contribution in [0.2, 0.25) is 0 Å². The van der Waals surface area contributed by atoms with Gasteiger partial charge in [0.2, 0.25) is 0 Å². The standard InChI is InChI=1S/C26H29N3O2/c1-19-10-9-17-26(2,3)23(19)16-15-20-18-25(22-13-7-8-14-24(22)29(30)31)28(27-20)21-11-5-4-6-12-21/h4-8,11-16,25H,9-10,17-18H2,1-3H3/b16-15+. The highest BCUT2D eigenvalue weighted by Crippen LogP contribution is 2.42. The second-order valence-corrected chi connectivity index (χ2v) is 9.07. The summed E-state index contributed by atoms with van der Waals surface area (Å²) in [5, 5.41) is 18.5. The van der Waals surface area contributed by atoms with Crippen molar-refractivity contribution in [1.82, 2.24) is 0 Å². The molecule has 0 saturated heterocycles. The maximum Gasteiger partial charge on any atom is 0.274 e. The highest BCUT2D eigenvalue weighted by Gasteiger charge is 2.33. The fourth-order valence-corrected chi connectivity index (χ4v) is 4.82. The van der Waals surface area contributed by atoms with Crippen LogP contribution in [0.3, 0.4) is 0 Å². The van der Waals surface area contributed by atoms with Crippen LogP contribution < -0.4 is 5.01 Å². The maximum atomic E-state index is 11.7. The predicted octanol–water partition coefficient (Wildman–Crippen LogP) is 6.99. The molecule has 1 aliphatic heterocycles. The lowest BCUT2D eigenvalue weighted by Crippen LogP contribution is -2.19. The van der Waals surface area contributed by atoms with Gasteiger partial charge < -0.3 is 0 Å². The number of benzene rings is 2. The van der Waals surface area contributed by atoms with E-state index < -0.39 is 0 Å². The molecule has 0 fully saturated rings. The van der Waals surface area contributed by atoms with E-state index in [1.165, 1.54) is 24.0 Å². The molecule has 1 atom stereocenters. The Morgan fingerprint density at radius 3 is 2.52 bits per heavy atom. The van der Waals surface area contributed by atoms with Crippen LogP contribution in [0.1, 0.15) is 58.1 Å². The molecule has 160 valence electrons. The fraction of sp³-hybridized carbons (Fsp3) is 0.346. The van der Waals surface area contributed by atoms with Gasteiger partial charge in [-0.2, -0.15) is 5.10 Å². The monoisotopic (exact) mass is 415 g/mol. The molecule has 2 aliphatic rings. The van der Waals surface area contributed by atoms with Crippen LogP contribution in [0.25, 0.3) is 0 Å². The molecule has 0 bridgehead atoms. The summed E-state index contributed by atoms with van der Waals surface area (Å²) in [6.45, 7) is 6.83. The SMILES string of the molecule is CC1=C(/C=C/C2=NN(c3ccccc3)C(c3ccccc3[N+](=O)[O-])C2)C(C)(C)CCC1. The van der Waals surface area contributed by atoms with Crippen molar-refractivity contribution in [3.8, 4) is 0 Å². The van der Waals surface area contributed by atoms with E-state index in [1.54, 1.807) is 12.1 Å². The number of nitro groups is 1. The highest BCUT2D eigenvalue weighted by atomic mass is 16.6. The summed E-state index contributed by atoms with van der Waals surface area (Å²) >= 11 is 0. The number of allylic oxidation sites excluding steroid dienone is 4. The predicted molar refractivity (Wildman–Crippen MR) is 126 cm³/mol. The van der Waals surface area contributed by atoms with E-state index in [1.807, 2.05) is 47.5 Å². The number of para-hydroxylation sites is 2.